The summed E-state index contributed by atoms with van der Waals surface area (Å²) in [7, 11) is 0. The van der Waals surface area contributed by atoms with Crippen LogP contribution in [0.3, 0.4) is 0 Å². The van der Waals surface area contributed by atoms with Crippen molar-refractivity contribution in [1.82, 2.24) is 24.6 Å². The number of benzene rings is 1. The van der Waals surface area contributed by atoms with Crippen LogP contribution in [0, 0.1) is 28.6 Å². The highest BCUT2D eigenvalue weighted by Gasteiger charge is 2.61. The molecule has 0 N–H and O–H groups in total. The summed E-state index contributed by atoms with van der Waals surface area (Å²) in [6.45, 7) is 7.76. The lowest BCUT2D eigenvalue weighted by Crippen LogP contribution is -2.49. The maximum Gasteiger partial charge on any atom is 0.159 e. The van der Waals surface area contributed by atoms with E-state index in [1.54, 1.807) is 6.33 Å². The number of hydrogen-bond donors (Lipinski definition) is 0. The second-order valence-electron chi connectivity index (χ2n) is 12.0. The van der Waals surface area contributed by atoms with Crippen molar-refractivity contribution in [1.29, 1.82) is 5.26 Å². The molecule has 3 heterocycles. The molecule has 1 aliphatic heterocycles. The van der Waals surface area contributed by atoms with Gasteiger partial charge in [0.25, 0.3) is 0 Å². The highest BCUT2D eigenvalue weighted by molar-refractivity contribution is 5.81. The fourth-order valence-corrected chi connectivity index (χ4v) is 7.11. The smallest absolute Gasteiger partial charge is 0.159 e. The summed E-state index contributed by atoms with van der Waals surface area (Å²) in [6.07, 6.45) is 12.3. The molecule has 3 saturated carbocycles. The van der Waals surface area contributed by atoms with Gasteiger partial charge in [-0.15, -0.1) is 0 Å². The lowest BCUT2D eigenvalue weighted by Gasteiger charge is -2.44. The van der Waals surface area contributed by atoms with Crippen LogP contribution in [0.25, 0.3) is 16.7 Å². The van der Waals surface area contributed by atoms with Gasteiger partial charge in [-0.3, -0.25) is 4.90 Å². The Morgan fingerprint density at radius 2 is 1.78 bits per heavy atom. The Morgan fingerprint density at radius 3 is 2.50 bits per heavy atom. The zero-order valence-corrected chi connectivity index (χ0v) is 21.2. The quantitative estimate of drug-likeness (QED) is 0.508. The van der Waals surface area contributed by atoms with Crippen LogP contribution in [0.1, 0.15) is 57.4 Å². The Hall–Kier alpha value is -2.98. The van der Waals surface area contributed by atoms with Crippen molar-refractivity contribution in [2.45, 2.75) is 57.3 Å². The predicted octanol–water partition coefficient (Wildman–Crippen LogP) is 4.71. The highest BCUT2D eigenvalue weighted by Crippen LogP contribution is 2.68. The molecule has 0 atom stereocenters. The van der Waals surface area contributed by atoms with E-state index in [-0.39, 0.29) is 5.41 Å². The van der Waals surface area contributed by atoms with Crippen LogP contribution in [0.5, 0.6) is 0 Å². The molecule has 4 aliphatic rings. The standard InChI is InChI=1S/C29H35N7/c1-2-21-11-22(12-21)16-34-7-9-35(10-8-34)26-14-27(32-20-31-26)36-25-13-24(4-3-23(25)15-33-36)29(19-30)17-28(18-29)5-6-28/h3-4,13-15,20-22H,2,5-12,16-18H2,1H3. The van der Waals surface area contributed by atoms with Gasteiger partial charge in [0.2, 0.25) is 0 Å². The molecule has 7 heteroatoms. The average molecular weight is 482 g/mol. The Kier molecular flexibility index (Phi) is 5.11. The Morgan fingerprint density at radius 1 is 1.00 bits per heavy atom. The van der Waals surface area contributed by atoms with Crippen molar-refractivity contribution in [3.05, 3.63) is 42.4 Å². The van der Waals surface area contributed by atoms with Crippen molar-refractivity contribution in [2.75, 3.05) is 37.6 Å². The summed E-state index contributed by atoms with van der Waals surface area (Å²) < 4.78 is 1.91. The molecule has 1 saturated heterocycles. The summed E-state index contributed by atoms with van der Waals surface area (Å²) in [5.74, 6) is 3.63. The van der Waals surface area contributed by atoms with Crippen molar-refractivity contribution < 1.29 is 0 Å². The molecule has 1 aromatic carbocycles. The molecule has 1 spiro atoms. The van der Waals surface area contributed by atoms with Crippen LogP contribution in [-0.2, 0) is 5.41 Å². The van der Waals surface area contributed by atoms with Crippen LogP contribution in [-0.4, -0.2) is 57.4 Å². The Labute approximate surface area is 213 Å². The molecule has 0 unspecified atom stereocenters. The van der Waals surface area contributed by atoms with Crippen LogP contribution in [0.4, 0.5) is 5.82 Å². The van der Waals surface area contributed by atoms with Gasteiger partial charge in [0, 0.05) is 44.2 Å². The molecule has 0 bridgehead atoms. The largest absolute Gasteiger partial charge is 0.354 e. The van der Waals surface area contributed by atoms with E-state index in [4.69, 9.17) is 0 Å². The van der Waals surface area contributed by atoms with Gasteiger partial charge in [-0.1, -0.05) is 25.5 Å². The zero-order chi connectivity index (χ0) is 24.3. The zero-order valence-electron chi connectivity index (χ0n) is 21.2. The van der Waals surface area contributed by atoms with Crippen LogP contribution < -0.4 is 4.90 Å². The van der Waals surface area contributed by atoms with Gasteiger partial charge in [0.1, 0.15) is 12.1 Å². The average Bonchev–Trinajstić information content (AvgIpc) is 3.55. The van der Waals surface area contributed by atoms with Gasteiger partial charge >= 0.3 is 0 Å². The molecular weight excluding hydrogens is 446 g/mol. The number of fused-ring (bicyclic) bond motifs is 1. The molecule has 3 aliphatic carbocycles. The maximum atomic E-state index is 10.0. The fraction of sp³-hybridized carbons (Fsp3) is 0.586. The third-order valence-corrected chi connectivity index (χ3v) is 9.63. The van der Waals surface area contributed by atoms with Gasteiger partial charge in [-0.2, -0.15) is 10.4 Å². The maximum absolute atomic E-state index is 10.0. The number of nitrogens with zero attached hydrogens (tertiary/aromatic N) is 7. The van der Waals surface area contributed by atoms with E-state index in [1.165, 1.54) is 38.6 Å². The minimum Gasteiger partial charge on any atom is -0.354 e. The van der Waals surface area contributed by atoms with E-state index in [1.807, 2.05) is 10.9 Å². The minimum atomic E-state index is -0.340. The molecule has 7 rings (SSSR count). The second-order valence-corrected chi connectivity index (χ2v) is 12.0. The first kappa shape index (κ1) is 22.2. The monoisotopic (exact) mass is 481 g/mol. The summed E-state index contributed by atoms with van der Waals surface area (Å²) in [5, 5.41) is 15.8. The van der Waals surface area contributed by atoms with E-state index in [2.05, 4.69) is 62.1 Å². The molecule has 2 aromatic heterocycles. The summed E-state index contributed by atoms with van der Waals surface area (Å²) in [5.41, 5.74) is 2.26. The molecule has 3 aromatic rings. The van der Waals surface area contributed by atoms with Crippen LogP contribution in [0.2, 0.25) is 0 Å². The van der Waals surface area contributed by atoms with E-state index in [0.29, 0.717) is 5.41 Å². The first-order valence-electron chi connectivity index (χ1n) is 13.8. The SMILES string of the molecule is CCC1CC(CN2CCN(c3cc(-n4ncc5ccc(C6(C#N)CC7(CC7)C6)cc54)ncn3)CC2)C1. The number of hydrogen-bond acceptors (Lipinski definition) is 6. The molecule has 36 heavy (non-hydrogen) atoms. The topological polar surface area (TPSA) is 73.9 Å². The van der Waals surface area contributed by atoms with E-state index < -0.39 is 0 Å². The third-order valence-electron chi connectivity index (χ3n) is 9.63. The van der Waals surface area contributed by atoms with E-state index in [9.17, 15) is 5.26 Å². The minimum absolute atomic E-state index is 0.340. The van der Waals surface area contributed by atoms with Gasteiger partial charge in [-0.05, 0) is 67.4 Å². The molecule has 0 amide bonds. The Balaban J connectivity index is 1.08. The number of aromatic nitrogens is 4. The number of piperazine rings is 1. The van der Waals surface area contributed by atoms with Gasteiger partial charge in [-0.25, -0.2) is 14.6 Å². The summed E-state index contributed by atoms with van der Waals surface area (Å²) >= 11 is 0. The molecule has 4 fully saturated rings. The first-order valence-corrected chi connectivity index (χ1v) is 13.8. The predicted molar refractivity (Wildman–Crippen MR) is 140 cm³/mol. The van der Waals surface area contributed by atoms with Gasteiger partial charge < -0.3 is 4.90 Å². The third kappa shape index (κ3) is 3.69. The molecular formula is C29H35N7. The Bertz CT molecular complexity index is 1310. The highest BCUT2D eigenvalue weighted by atomic mass is 15.3. The second kappa shape index (κ2) is 8.27. The number of anilines is 1. The molecule has 186 valence electrons. The van der Waals surface area contributed by atoms with Crippen molar-refractivity contribution in [2.24, 2.45) is 17.3 Å². The normalized spacial score (nSPS) is 26.4. The lowest BCUT2D eigenvalue weighted by atomic mass is 9.57. The first-order chi connectivity index (χ1) is 17.6. The molecule has 7 nitrogen and oxygen atoms in total. The lowest BCUT2D eigenvalue weighted by molar-refractivity contribution is 0.118. The van der Waals surface area contributed by atoms with E-state index in [0.717, 1.165) is 79.0 Å². The van der Waals surface area contributed by atoms with E-state index >= 15 is 0 Å². The van der Waals surface area contributed by atoms with Crippen molar-refractivity contribution in [3.63, 3.8) is 0 Å². The summed E-state index contributed by atoms with van der Waals surface area (Å²) in [4.78, 5) is 14.2. The van der Waals surface area contributed by atoms with Crippen LogP contribution in [0.15, 0.2) is 36.8 Å². The molecule has 0 radical (unpaired) electrons. The van der Waals surface area contributed by atoms with Gasteiger partial charge in [0.05, 0.1) is 23.2 Å². The van der Waals surface area contributed by atoms with Gasteiger partial charge in [0.15, 0.2) is 5.82 Å². The van der Waals surface area contributed by atoms with Crippen molar-refractivity contribution in [3.8, 4) is 11.9 Å². The number of rotatable bonds is 6. The summed E-state index contributed by atoms with van der Waals surface area (Å²) in [6, 6.07) is 11.1. The number of nitriles is 1. The van der Waals surface area contributed by atoms with Crippen molar-refractivity contribution >= 4 is 16.7 Å². The van der Waals surface area contributed by atoms with Crippen LogP contribution >= 0.6 is 0 Å². The fourth-order valence-electron chi connectivity index (χ4n) is 7.11.